The Hall–Kier alpha value is -0.0800. The standard InChI is InChI=1S/C12H18.2C2H6O/c1-2-8-5-7(1)11-9-3-4-10(6-9)12(8)11;2*1-2-3/h7-12H,1-6H2;2*3H,2H2,1H3. The highest BCUT2D eigenvalue weighted by molar-refractivity contribution is 5.08. The van der Waals surface area contributed by atoms with E-state index in [9.17, 15) is 0 Å². The quantitative estimate of drug-likeness (QED) is 0.652. The van der Waals surface area contributed by atoms with Crippen molar-refractivity contribution in [2.45, 2.75) is 52.4 Å². The van der Waals surface area contributed by atoms with Crippen LogP contribution in [0.2, 0.25) is 0 Å². The maximum Gasteiger partial charge on any atom is 0.0402 e. The zero-order valence-corrected chi connectivity index (χ0v) is 12.0. The smallest absolute Gasteiger partial charge is 0.0402 e. The fourth-order valence-corrected chi connectivity index (χ4v) is 5.53. The van der Waals surface area contributed by atoms with Crippen LogP contribution in [-0.4, -0.2) is 23.4 Å². The Morgan fingerprint density at radius 3 is 1.11 bits per heavy atom. The molecule has 0 saturated heterocycles. The van der Waals surface area contributed by atoms with E-state index in [4.69, 9.17) is 10.2 Å². The summed E-state index contributed by atoms with van der Waals surface area (Å²) in [5.74, 6) is 7.29. The largest absolute Gasteiger partial charge is 0.397 e. The van der Waals surface area contributed by atoms with Crippen molar-refractivity contribution in [3.8, 4) is 0 Å². The maximum absolute atomic E-state index is 7.57. The number of hydrogen-bond acceptors (Lipinski definition) is 2. The van der Waals surface area contributed by atoms with Crippen LogP contribution < -0.4 is 0 Å². The third kappa shape index (κ3) is 2.46. The van der Waals surface area contributed by atoms with Crippen LogP contribution in [0.25, 0.3) is 0 Å². The fraction of sp³-hybridized carbons (Fsp3) is 1.00. The van der Waals surface area contributed by atoms with Gasteiger partial charge in [-0.15, -0.1) is 0 Å². The lowest BCUT2D eigenvalue weighted by Gasteiger charge is -2.34. The number of hydrogen-bond donors (Lipinski definition) is 2. The highest BCUT2D eigenvalue weighted by Gasteiger charge is 2.59. The molecule has 0 spiro atoms. The second-order valence-electron chi connectivity index (χ2n) is 6.45. The van der Waals surface area contributed by atoms with Gasteiger partial charge in [-0.1, -0.05) is 0 Å². The summed E-state index contributed by atoms with van der Waals surface area (Å²) >= 11 is 0. The number of fused-ring (bicyclic) bond motifs is 9. The van der Waals surface area contributed by atoms with Crippen molar-refractivity contribution in [3.63, 3.8) is 0 Å². The summed E-state index contributed by atoms with van der Waals surface area (Å²) in [5.41, 5.74) is 0. The van der Waals surface area contributed by atoms with Crippen molar-refractivity contribution in [1.82, 2.24) is 0 Å². The van der Waals surface area contributed by atoms with Crippen LogP contribution in [0.1, 0.15) is 52.4 Å². The van der Waals surface area contributed by atoms with E-state index < -0.39 is 0 Å². The molecule has 0 aromatic rings. The summed E-state index contributed by atoms with van der Waals surface area (Å²) in [4.78, 5) is 0. The van der Waals surface area contributed by atoms with E-state index >= 15 is 0 Å². The molecule has 4 aliphatic carbocycles. The second kappa shape index (κ2) is 6.38. The highest BCUT2D eigenvalue weighted by atomic mass is 16.3. The molecule has 4 unspecified atom stereocenters. The van der Waals surface area contributed by atoms with E-state index in [-0.39, 0.29) is 13.2 Å². The number of rotatable bonds is 0. The molecule has 2 N–H and O–H groups in total. The molecular weight excluding hydrogens is 224 g/mol. The average Bonchev–Trinajstić information content (AvgIpc) is 3.11. The molecule has 2 heteroatoms. The molecule has 0 aliphatic heterocycles. The van der Waals surface area contributed by atoms with Crippen LogP contribution in [0.4, 0.5) is 0 Å². The number of aliphatic hydroxyl groups excluding tert-OH is 2. The third-order valence-corrected chi connectivity index (χ3v) is 5.65. The van der Waals surface area contributed by atoms with Gasteiger partial charge in [0.25, 0.3) is 0 Å². The van der Waals surface area contributed by atoms with E-state index in [0.29, 0.717) is 0 Å². The molecule has 106 valence electrons. The van der Waals surface area contributed by atoms with Crippen LogP contribution in [0.5, 0.6) is 0 Å². The zero-order chi connectivity index (χ0) is 13.1. The van der Waals surface area contributed by atoms with E-state index in [1.165, 1.54) is 35.5 Å². The molecule has 0 heterocycles. The van der Waals surface area contributed by atoms with Crippen LogP contribution in [-0.2, 0) is 0 Å². The summed E-state index contributed by atoms with van der Waals surface area (Å²) in [5, 5.41) is 15.1. The number of aliphatic hydroxyl groups is 2. The van der Waals surface area contributed by atoms with Gasteiger partial charge in [0.15, 0.2) is 0 Å². The lowest BCUT2D eigenvalue weighted by molar-refractivity contribution is 0.146. The summed E-state index contributed by atoms with van der Waals surface area (Å²) in [6, 6.07) is 0. The first kappa shape index (κ1) is 14.3. The van der Waals surface area contributed by atoms with Crippen molar-refractivity contribution < 1.29 is 10.2 Å². The van der Waals surface area contributed by atoms with Gasteiger partial charge in [0.05, 0.1) is 0 Å². The molecular formula is C16H30O2. The SMILES string of the molecule is C1CC2CC1C1C3CCC(C3)C21.CCO.CCO. The first-order valence-electron chi connectivity index (χ1n) is 7.98. The molecule has 2 nitrogen and oxygen atoms in total. The fourth-order valence-electron chi connectivity index (χ4n) is 5.53. The molecule has 0 aromatic heterocycles. The lowest BCUT2D eigenvalue weighted by Crippen LogP contribution is -2.27. The predicted molar refractivity (Wildman–Crippen MR) is 74.2 cm³/mol. The van der Waals surface area contributed by atoms with E-state index in [1.807, 2.05) is 0 Å². The second-order valence-corrected chi connectivity index (χ2v) is 6.45. The monoisotopic (exact) mass is 254 g/mol. The maximum atomic E-state index is 7.57. The lowest BCUT2D eigenvalue weighted by atomic mass is 9.71. The normalized spacial score (nSPS) is 46.0. The average molecular weight is 254 g/mol. The Bertz CT molecular complexity index is 207. The molecule has 4 rings (SSSR count). The molecule has 4 aliphatic rings. The zero-order valence-electron chi connectivity index (χ0n) is 12.0. The minimum atomic E-state index is 0.250. The molecule has 4 fully saturated rings. The van der Waals surface area contributed by atoms with Crippen LogP contribution in [0.3, 0.4) is 0 Å². The van der Waals surface area contributed by atoms with Crippen molar-refractivity contribution in [2.24, 2.45) is 35.5 Å². The summed E-state index contributed by atoms with van der Waals surface area (Å²) < 4.78 is 0. The first-order valence-corrected chi connectivity index (χ1v) is 7.98. The third-order valence-electron chi connectivity index (χ3n) is 5.65. The topological polar surface area (TPSA) is 40.5 Å². The van der Waals surface area contributed by atoms with Crippen molar-refractivity contribution in [1.29, 1.82) is 0 Å². The highest BCUT2D eigenvalue weighted by Crippen LogP contribution is 2.67. The summed E-state index contributed by atoms with van der Waals surface area (Å²) in [6.45, 7) is 3.86. The predicted octanol–water partition coefficient (Wildman–Crippen LogP) is 3.08. The van der Waals surface area contributed by atoms with Crippen LogP contribution in [0.15, 0.2) is 0 Å². The molecule has 4 atom stereocenters. The Labute approximate surface area is 112 Å². The van der Waals surface area contributed by atoms with Crippen molar-refractivity contribution in [3.05, 3.63) is 0 Å². The van der Waals surface area contributed by atoms with Gasteiger partial charge in [-0.25, -0.2) is 0 Å². The minimum Gasteiger partial charge on any atom is -0.397 e. The molecule has 0 aromatic carbocycles. The van der Waals surface area contributed by atoms with Crippen molar-refractivity contribution in [2.75, 3.05) is 13.2 Å². The van der Waals surface area contributed by atoms with E-state index in [1.54, 1.807) is 52.4 Å². The minimum absolute atomic E-state index is 0.250. The van der Waals surface area contributed by atoms with Gasteiger partial charge < -0.3 is 10.2 Å². The van der Waals surface area contributed by atoms with Gasteiger partial charge in [-0.3, -0.25) is 0 Å². The molecule has 4 saturated carbocycles. The molecule has 4 bridgehead atoms. The van der Waals surface area contributed by atoms with Gasteiger partial charge in [-0.05, 0) is 87.9 Å². The van der Waals surface area contributed by atoms with Gasteiger partial charge in [0.2, 0.25) is 0 Å². The van der Waals surface area contributed by atoms with E-state index in [2.05, 4.69) is 0 Å². The Balaban J connectivity index is 0.000000175. The molecule has 0 amide bonds. The van der Waals surface area contributed by atoms with Crippen molar-refractivity contribution >= 4 is 0 Å². The summed E-state index contributed by atoms with van der Waals surface area (Å²) in [6.07, 6.45) is 9.71. The van der Waals surface area contributed by atoms with Gasteiger partial charge in [-0.2, -0.15) is 0 Å². The van der Waals surface area contributed by atoms with Crippen LogP contribution >= 0.6 is 0 Å². The molecule has 0 radical (unpaired) electrons. The van der Waals surface area contributed by atoms with Crippen LogP contribution in [0, 0.1) is 35.5 Å². The van der Waals surface area contributed by atoms with Gasteiger partial charge >= 0.3 is 0 Å². The molecule has 18 heavy (non-hydrogen) atoms. The summed E-state index contributed by atoms with van der Waals surface area (Å²) in [7, 11) is 0. The van der Waals surface area contributed by atoms with Gasteiger partial charge in [0.1, 0.15) is 0 Å². The Morgan fingerprint density at radius 2 is 0.889 bits per heavy atom. The van der Waals surface area contributed by atoms with E-state index in [0.717, 1.165) is 0 Å². The van der Waals surface area contributed by atoms with Gasteiger partial charge in [0, 0.05) is 13.2 Å². The first-order chi connectivity index (χ1) is 8.76. The Morgan fingerprint density at radius 1 is 0.667 bits per heavy atom. The Kier molecular flexibility index (Phi) is 5.08.